The standard InChI is InChI=1S/C46H29NO/c1-2-13-34(14-3-1)47(41-18-9-19-42-46(41)45-38-16-7-5-11-31(38)24-29-43(45)48-42)35-25-20-32(21-26-35)37-17-8-12-33-23-27-39-36-15-6-4-10-30(36)22-28-40(39)44(33)37/h1-29H. The minimum Gasteiger partial charge on any atom is -0.456 e. The Morgan fingerprint density at radius 3 is 1.81 bits per heavy atom. The Bertz CT molecular complexity index is 2830. The third kappa shape index (κ3) is 4.06. The van der Waals surface area contributed by atoms with Crippen LogP contribution >= 0.6 is 0 Å². The summed E-state index contributed by atoms with van der Waals surface area (Å²) in [6.45, 7) is 0. The molecule has 10 aromatic rings. The molecular formula is C46H29NO. The molecule has 9 aromatic carbocycles. The first-order valence-corrected chi connectivity index (χ1v) is 16.4. The van der Waals surface area contributed by atoms with Gasteiger partial charge in [0.1, 0.15) is 11.2 Å². The number of hydrogen-bond acceptors (Lipinski definition) is 2. The van der Waals surface area contributed by atoms with Crippen molar-refractivity contribution in [3.63, 3.8) is 0 Å². The second kappa shape index (κ2) is 10.6. The zero-order chi connectivity index (χ0) is 31.6. The average molecular weight is 612 g/mol. The molecule has 0 saturated heterocycles. The van der Waals surface area contributed by atoms with Crippen LogP contribution in [0, 0.1) is 0 Å². The summed E-state index contributed by atoms with van der Waals surface area (Å²) in [6, 6.07) is 63.2. The molecule has 0 atom stereocenters. The fourth-order valence-electron chi connectivity index (χ4n) is 7.67. The van der Waals surface area contributed by atoms with Crippen molar-refractivity contribution >= 4 is 82.1 Å². The minimum atomic E-state index is 0.881. The van der Waals surface area contributed by atoms with Gasteiger partial charge < -0.3 is 9.32 Å². The van der Waals surface area contributed by atoms with Gasteiger partial charge >= 0.3 is 0 Å². The van der Waals surface area contributed by atoms with Crippen molar-refractivity contribution in [2.45, 2.75) is 0 Å². The van der Waals surface area contributed by atoms with Gasteiger partial charge in [-0.2, -0.15) is 0 Å². The quantitative estimate of drug-likeness (QED) is 0.184. The van der Waals surface area contributed by atoms with E-state index in [9.17, 15) is 0 Å². The van der Waals surface area contributed by atoms with Crippen LogP contribution in [0.3, 0.4) is 0 Å². The molecule has 48 heavy (non-hydrogen) atoms. The van der Waals surface area contributed by atoms with Crippen molar-refractivity contribution in [3.05, 3.63) is 176 Å². The molecular weight excluding hydrogens is 583 g/mol. The van der Waals surface area contributed by atoms with Crippen molar-refractivity contribution in [3.8, 4) is 11.1 Å². The molecule has 0 saturated carbocycles. The van der Waals surface area contributed by atoms with E-state index >= 15 is 0 Å². The van der Waals surface area contributed by atoms with E-state index in [0.717, 1.165) is 39.0 Å². The fraction of sp³-hybridized carbons (Fsp3) is 0. The Balaban J connectivity index is 1.18. The molecule has 0 fully saturated rings. The molecule has 2 nitrogen and oxygen atoms in total. The van der Waals surface area contributed by atoms with E-state index in [1.165, 1.54) is 54.2 Å². The number of para-hydroxylation sites is 1. The van der Waals surface area contributed by atoms with Crippen LogP contribution in [0.2, 0.25) is 0 Å². The monoisotopic (exact) mass is 611 g/mol. The molecule has 0 aliphatic heterocycles. The summed E-state index contributed by atoms with van der Waals surface area (Å²) in [5.74, 6) is 0. The molecule has 0 N–H and O–H groups in total. The first-order chi connectivity index (χ1) is 23.8. The average Bonchev–Trinajstić information content (AvgIpc) is 3.55. The summed E-state index contributed by atoms with van der Waals surface area (Å²) >= 11 is 0. The van der Waals surface area contributed by atoms with Crippen LogP contribution in [0.25, 0.3) is 76.2 Å². The van der Waals surface area contributed by atoms with Gasteiger partial charge in [0.05, 0.1) is 11.1 Å². The first-order valence-electron chi connectivity index (χ1n) is 16.4. The molecule has 0 unspecified atom stereocenters. The molecule has 224 valence electrons. The summed E-state index contributed by atoms with van der Waals surface area (Å²) in [5.41, 5.74) is 7.47. The highest BCUT2D eigenvalue weighted by Crippen LogP contribution is 2.45. The van der Waals surface area contributed by atoms with Crippen LogP contribution < -0.4 is 4.90 Å². The molecule has 0 spiro atoms. The van der Waals surface area contributed by atoms with Crippen LogP contribution in [-0.4, -0.2) is 0 Å². The number of anilines is 3. The van der Waals surface area contributed by atoms with Crippen molar-refractivity contribution in [1.29, 1.82) is 0 Å². The topological polar surface area (TPSA) is 16.4 Å². The van der Waals surface area contributed by atoms with Crippen LogP contribution in [0.1, 0.15) is 0 Å². The lowest BCUT2D eigenvalue weighted by Gasteiger charge is -2.26. The molecule has 0 amide bonds. The van der Waals surface area contributed by atoms with Gasteiger partial charge in [-0.05, 0) is 96.7 Å². The Labute approximate surface area is 277 Å². The van der Waals surface area contributed by atoms with E-state index in [2.05, 4.69) is 181 Å². The summed E-state index contributed by atoms with van der Waals surface area (Å²) in [5, 5.41) is 12.3. The number of fused-ring (bicyclic) bond motifs is 10. The number of furan rings is 1. The van der Waals surface area contributed by atoms with Gasteiger partial charge in [-0.25, -0.2) is 0 Å². The first kappa shape index (κ1) is 26.8. The highest BCUT2D eigenvalue weighted by atomic mass is 16.3. The van der Waals surface area contributed by atoms with Gasteiger partial charge in [0.25, 0.3) is 0 Å². The number of hydrogen-bond donors (Lipinski definition) is 0. The SMILES string of the molecule is c1ccc(N(c2ccc(-c3cccc4ccc5c6ccccc6ccc5c34)cc2)c2cccc3oc4ccc5ccccc5c4c23)cc1. The van der Waals surface area contributed by atoms with E-state index in [-0.39, 0.29) is 0 Å². The number of rotatable bonds is 4. The van der Waals surface area contributed by atoms with Crippen LogP contribution in [-0.2, 0) is 0 Å². The summed E-state index contributed by atoms with van der Waals surface area (Å²) < 4.78 is 6.48. The second-order valence-corrected chi connectivity index (χ2v) is 12.5. The highest BCUT2D eigenvalue weighted by Gasteiger charge is 2.21. The predicted octanol–water partition coefficient (Wildman–Crippen LogP) is 13.3. The molecule has 10 rings (SSSR count). The number of benzene rings is 9. The lowest BCUT2D eigenvalue weighted by atomic mass is 9.91. The second-order valence-electron chi connectivity index (χ2n) is 12.5. The zero-order valence-electron chi connectivity index (χ0n) is 26.1. The Morgan fingerprint density at radius 2 is 0.958 bits per heavy atom. The summed E-state index contributed by atoms with van der Waals surface area (Å²) in [7, 11) is 0. The van der Waals surface area contributed by atoms with Gasteiger partial charge in [-0.3, -0.25) is 0 Å². The molecule has 2 heteroatoms. The molecule has 1 aromatic heterocycles. The summed E-state index contributed by atoms with van der Waals surface area (Å²) in [6.07, 6.45) is 0. The number of nitrogens with zero attached hydrogens (tertiary/aromatic N) is 1. The molecule has 0 radical (unpaired) electrons. The Kier molecular flexibility index (Phi) is 5.91. The molecule has 0 aliphatic carbocycles. The van der Waals surface area contributed by atoms with E-state index in [1.54, 1.807) is 0 Å². The van der Waals surface area contributed by atoms with Crippen LogP contribution in [0.15, 0.2) is 180 Å². The summed E-state index contributed by atoms with van der Waals surface area (Å²) in [4.78, 5) is 2.35. The van der Waals surface area contributed by atoms with E-state index < -0.39 is 0 Å². The van der Waals surface area contributed by atoms with Crippen molar-refractivity contribution in [2.75, 3.05) is 4.90 Å². The molecule has 0 aliphatic rings. The van der Waals surface area contributed by atoms with Gasteiger partial charge in [-0.1, -0.05) is 133 Å². The molecule has 1 heterocycles. The van der Waals surface area contributed by atoms with Gasteiger partial charge in [0.2, 0.25) is 0 Å². The lowest BCUT2D eigenvalue weighted by molar-refractivity contribution is 0.669. The smallest absolute Gasteiger partial charge is 0.137 e. The van der Waals surface area contributed by atoms with E-state index in [1.807, 2.05) is 0 Å². The Morgan fingerprint density at radius 1 is 0.333 bits per heavy atom. The van der Waals surface area contributed by atoms with Gasteiger partial charge in [-0.15, -0.1) is 0 Å². The molecule has 0 bridgehead atoms. The van der Waals surface area contributed by atoms with Crippen molar-refractivity contribution in [2.24, 2.45) is 0 Å². The van der Waals surface area contributed by atoms with Crippen molar-refractivity contribution < 1.29 is 4.42 Å². The predicted molar refractivity (Wildman–Crippen MR) is 204 cm³/mol. The van der Waals surface area contributed by atoms with Crippen molar-refractivity contribution in [1.82, 2.24) is 0 Å². The van der Waals surface area contributed by atoms with Gasteiger partial charge in [0.15, 0.2) is 0 Å². The third-order valence-electron chi connectivity index (χ3n) is 9.82. The largest absolute Gasteiger partial charge is 0.456 e. The zero-order valence-corrected chi connectivity index (χ0v) is 26.1. The Hall–Kier alpha value is -6.38. The van der Waals surface area contributed by atoms with Crippen LogP contribution in [0.4, 0.5) is 17.1 Å². The van der Waals surface area contributed by atoms with Gasteiger partial charge in [0, 0.05) is 16.8 Å². The van der Waals surface area contributed by atoms with E-state index in [0.29, 0.717) is 0 Å². The maximum absolute atomic E-state index is 6.48. The minimum absolute atomic E-state index is 0.881. The maximum atomic E-state index is 6.48. The highest BCUT2D eigenvalue weighted by molar-refractivity contribution is 6.23. The maximum Gasteiger partial charge on any atom is 0.137 e. The lowest BCUT2D eigenvalue weighted by Crippen LogP contribution is -2.10. The normalized spacial score (nSPS) is 11.8. The fourth-order valence-corrected chi connectivity index (χ4v) is 7.67. The third-order valence-corrected chi connectivity index (χ3v) is 9.82. The van der Waals surface area contributed by atoms with E-state index in [4.69, 9.17) is 4.42 Å². The van der Waals surface area contributed by atoms with Crippen LogP contribution in [0.5, 0.6) is 0 Å².